The molecule has 1 aromatic rings. The summed E-state index contributed by atoms with van der Waals surface area (Å²) in [5, 5.41) is 3.03. The summed E-state index contributed by atoms with van der Waals surface area (Å²) in [6, 6.07) is 8.06. The molecule has 0 aromatic heterocycles. The lowest BCUT2D eigenvalue weighted by Crippen LogP contribution is -2.44. The Balaban J connectivity index is 2.04. The molecule has 0 saturated heterocycles. The number of fused-ring (bicyclic) bond motifs is 1. The van der Waals surface area contributed by atoms with Crippen molar-refractivity contribution in [2.75, 3.05) is 33.7 Å². The fourth-order valence-corrected chi connectivity index (χ4v) is 3.84. The van der Waals surface area contributed by atoms with Crippen molar-refractivity contribution in [2.45, 2.75) is 19.4 Å². The molecule has 0 aliphatic carbocycles. The largest absolute Gasteiger partial charge is 0.320 e. The fraction of sp³-hybridized carbons (Fsp3) is 0.571. The predicted octanol–water partition coefficient (Wildman–Crippen LogP) is 0.831. The van der Waals surface area contributed by atoms with Gasteiger partial charge in [0.05, 0.1) is 0 Å². The van der Waals surface area contributed by atoms with Crippen LogP contribution in [0.1, 0.15) is 17.5 Å². The zero-order chi connectivity index (χ0) is 14.6. The van der Waals surface area contributed by atoms with Crippen LogP contribution in [-0.4, -0.2) is 50.8 Å². The molecule has 1 heterocycles. The van der Waals surface area contributed by atoms with Crippen LogP contribution in [0, 0.1) is 0 Å². The highest BCUT2D eigenvalue weighted by atomic mass is 32.2. The quantitative estimate of drug-likeness (QED) is 0.791. The first-order valence-corrected chi connectivity index (χ1v) is 8.38. The molecule has 1 aliphatic rings. The second-order valence-corrected chi connectivity index (χ2v) is 7.17. The smallest absolute Gasteiger partial charge is 0.282 e. The average molecular weight is 297 g/mol. The molecule has 112 valence electrons. The van der Waals surface area contributed by atoms with Crippen LogP contribution in [0.3, 0.4) is 0 Å². The van der Waals surface area contributed by atoms with Crippen LogP contribution < -0.4 is 5.32 Å². The van der Waals surface area contributed by atoms with Crippen molar-refractivity contribution < 1.29 is 8.42 Å². The first kappa shape index (κ1) is 15.4. The molecule has 20 heavy (non-hydrogen) atoms. The number of nitrogens with zero attached hydrogens (tertiary/aromatic N) is 2. The number of hydrogen-bond donors (Lipinski definition) is 1. The van der Waals surface area contributed by atoms with Crippen molar-refractivity contribution in [3.05, 3.63) is 35.4 Å². The zero-order valence-corrected chi connectivity index (χ0v) is 13.0. The van der Waals surface area contributed by atoms with E-state index in [2.05, 4.69) is 11.4 Å². The van der Waals surface area contributed by atoms with E-state index in [4.69, 9.17) is 0 Å². The van der Waals surface area contributed by atoms with E-state index in [0.29, 0.717) is 19.6 Å². The lowest BCUT2D eigenvalue weighted by molar-refractivity contribution is 0.342. The van der Waals surface area contributed by atoms with Gasteiger partial charge in [-0.2, -0.15) is 17.0 Å². The Kier molecular flexibility index (Phi) is 5.15. The van der Waals surface area contributed by atoms with Gasteiger partial charge in [-0.15, -0.1) is 0 Å². The Labute approximate surface area is 121 Å². The molecule has 6 heteroatoms. The van der Waals surface area contributed by atoms with Gasteiger partial charge in [0.25, 0.3) is 10.2 Å². The molecule has 0 unspecified atom stereocenters. The third-order valence-corrected chi connectivity index (χ3v) is 5.65. The molecule has 5 nitrogen and oxygen atoms in total. The van der Waals surface area contributed by atoms with Crippen LogP contribution in [0.25, 0.3) is 0 Å². The minimum absolute atomic E-state index is 0.481. The van der Waals surface area contributed by atoms with Crippen LogP contribution in [-0.2, 0) is 23.2 Å². The summed E-state index contributed by atoms with van der Waals surface area (Å²) >= 11 is 0. The molecule has 2 rings (SSSR count). The third-order valence-electron chi connectivity index (χ3n) is 3.72. The second-order valence-electron chi connectivity index (χ2n) is 5.14. The van der Waals surface area contributed by atoms with Gasteiger partial charge in [0, 0.05) is 26.7 Å². The summed E-state index contributed by atoms with van der Waals surface area (Å²) in [4.78, 5) is 0. The Bertz CT molecular complexity index is 545. The molecule has 0 fully saturated rings. The second kappa shape index (κ2) is 6.67. The van der Waals surface area contributed by atoms with Crippen LogP contribution in [0.4, 0.5) is 0 Å². The van der Waals surface area contributed by atoms with E-state index in [1.807, 2.05) is 25.2 Å². The molecule has 0 atom stereocenters. The maximum atomic E-state index is 12.5. The Morgan fingerprint density at radius 2 is 2.00 bits per heavy atom. The Morgan fingerprint density at radius 1 is 1.30 bits per heavy atom. The highest BCUT2D eigenvalue weighted by Gasteiger charge is 2.29. The molecular weight excluding hydrogens is 274 g/mol. The molecule has 0 bridgehead atoms. The molecule has 0 radical (unpaired) electrons. The predicted molar refractivity (Wildman–Crippen MR) is 80.6 cm³/mol. The van der Waals surface area contributed by atoms with Crippen molar-refractivity contribution in [3.63, 3.8) is 0 Å². The van der Waals surface area contributed by atoms with E-state index >= 15 is 0 Å². The van der Waals surface area contributed by atoms with Gasteiger partial charge in [0.2, 0.25) is 0 Å². The van der Waals surface area contributed by atoms with Gasteiger partial charge in [-0.25, -0.2) is 0 Å². The Hall–Kier alpha value is -0.950. The maximum Gasteiger partial charge on any atom is 0.282 e. The first-order valence-electron chi connectivity index (χ1n) is 6.98. The van der Waals surface area contributed by atoms with Crippen molar-refractivity contribution >= 4 is 10.2 Å². The van der Waals surface area contributed by atoms with Gasteiger partial charge < -0.3 is 5.32 Å². The minimum Gasteiger partial charge on any atom is -0.320 e. The van der Waals surface area contributed by atoms with Crippen LogP contribution >= 0.6 is 0 Å². The molecule has 1 aromatic carbocycles. The van der Waals surface area contributed by atoms with Crippen LogP contribution in [0.2, 0.25) is 0 Å². The summed E-state index contributed by atoms with van der Waals surface area (Å²) in [6.45, 7) is 2.41. The van der Waals surface area contributed by atoms with Gasteiger partial charge in [0.1, 0.15) is 0 Å². The average Bonchev–Trinajstić information content (AvgIpc) is 2.46. The highest BCUT2D eigenvalue weighted by Crippen LogP contribution is 2.22. The van der Waals surface area contributed by atoms with E-state index in [0.717, 1.165) is 24.9 Å². The lowest BCUT2D eigenvalue weighted by atomic mass is 10.0. The topological polar surface area (TPSA) is 52.7 Å². The Morgan fingerprint density at radius 3 is 2.70 bits per heavy atom. The summed E-state index contributed by atoms with van der Waals surface area (Å²) < 4.78 is 28.1. The molecule has 0 saturated carbocycles. The molecule has 1 N–H and O–H groups in total. The summed E-state index contributed by atoms with van der Waals surface area (Å²) in [5.41, 5.74) is 2.38. The highest BCUT2D eigenvalue weighted by molar-refractivity contribution is 7.86. The van der Waals surface area contributed by atoms with E-state index in [-0.39, 0.29) is 0 Å². The first-order chi connectivity index (χ1) is 9.55. The normalized spacial score (nSPS) is 16.4. The summed E-state index contributed by atoms with van der Waals surface area (Å²) in [6.07, 6.45) is 1.61. The fourth-order valence-electron chi connectivity index (χ4n) is 2.46. The van der Waals surface area contributed by atoms with Crippen molar-refractivity contribution in [1.29, 1.82) is 0 Å². The maximum absolute atomic E-state index is 12.5. The lowest BCUT2D eigenvalue weighted by Gasteiger charge is -2.31. The number of nitrogens with one attached hydrogen (secondary N) is 1. The summed E-state index contributed by atoms with van der Waals surface area (Å²) in [5.74, 6) is 0. The van der Waals surface area contributed by atoms with Crippen molar-refractivity contribution in [1.82, 2.24) is 13.9 Å². The molecule has 0 spiro atoms. The minimum atomic E-state index is -3.35. The van der Waals surface area contributed by atoms with Crippen molar-refractivity contribution in [2.24, 2.45) is 0 Å². The number of benzene rings is 1. The van der Waals surface area contributed by atoms with E-state index < -0.39 is 10.2 Å². The van der Waals surface area contributed by atoms with Gasteiger partial charge in [-0.05, 0) is 37.6 Å². The SMILES string of the molecule is CNCCCN(C)S(=O)(=O)N1CCc2ccccc2C1. The van der Waals surface area contributed by atoms with Gasteiger partial charge >= 0.3 is 0 Å². The standard InChI is InChI=1S/C14H23N3O2S/c1-15-9-5-10-16(2)20(18,19)17-11-8-13-6-3-4-7-14(13)12-17/h3-4,6-7,15H,5,8-12H2,1-2H3. The third kappa shape index (κ3) is 3.38. The summed E-state index contributed by atoms with van der Waals surface area (Å²) in [7, 11) is 0.183. The van der Waals surface area contributed by atoms with Crippen LogP contribution in [0.15, 0.2) is 24.3 Å². The molecular formula is C14H23N3O2S. The molecule has 0 amide bonds. The van der Waals surface area contributed by atoms with E-state index in [9.17, 15) is 8.42 Å². The van der Waals surface area contributed by atoms with Gasteiger partial charge in [0.15, 0.2) is 0 Å². The van der Waals surface area contributed by atoms with E-state index in [1.165, 1.54) is 9.87 Å². The van der Waals surface area contributed by atoms with Crippen molar-refractivity contribution in [3.8, 4) is 0 Å². The molecule has 1 aliphatic heterocycles. The van der Waals surface area contributed by atoms with Crippen LogP contribution in [0.5, 0.6) is 0 Å². The number of hydrogen-bond acceptors (Lipinski definition) is 3. The van der Waals surface area contributed by atoms with E-state index in [1.54, 1.807) is 11.4 Å². The van der Waals surface area contributed by atoms with Gasteiger partial charge in [-0.3, -0.25) is 0 Å². The zero-order valence-electron chi connectivity index (χ0n) is 12.2. The van der Waals surface area contributed by atoms with Gasteiger partial charge in [-0.1, -0.05) is 24.3 Å². The monoisotopic (exact) mass is 297 g/mol. The number of rotatable bonds is 6.